The normalized spacial score (nSPS) is 25.2. The molecule has 0 amide bonds. The van der Waals surface area contributed by atoms with E-state index in [0.717, 1.165) is 12.0 Å². The molecule has 0 unspecified atom stereocenters. The van der Waals surface area contributed by atoms with Crippen molar-refractivity contribution >= 4 is 0 Å². The van der Waals surface area contributed by atoms with Crippen molar-refractivity contribution in [3.05, 3.63) is 0 Å². The number of likely N-dealkylation sites (tertiary alicyclic amines) is 1. The molecule has 0 bridgehead atoms. The highest BCUT2D eigenvalue weighted by Crippen LogP contribution is 2.25. The Morgan fingerprint density at radius 3 is 2.33 bits per heavy atom. The highest BCUT2D eigenvalue weighted by Gasteiger charge is 2.18. The van der Waals surface area contributed by atoms with Gasteiger partial charge in [0.25, 0.3) is 0 Å². The minimum Gasteiger partial charge on any atom is -0.314 e. The van der Waals surface area contributed by atoms with Crippen molar-refractivity contribution in [3.8, 4) is 0 Å². The molecule has 106 valence electrons. The van der Waals surface area contributed by atoms with Crippen LogP contribution in [0.25, 0.3) is 0 Å². The molecule has 1 atom stereocenters. The van der Waals surface area contributed by atoms with Crippen LogP contribution in [0.4, 0.5) is 0 Å². The lowest BCUT2D eigenvalue weighted by Gasteiger charge is -2.24. The Kier molecular flexibility index (Phi) is 6.50. The number of nitrogens with one attached hydrogen (secondary N) is 1. The van der Waals surface area contributed by atoms with Crippen molar-refractivity contribution < 1.29 is 0 Å². The summed E-state index contributed by atoms with van der Waals surface area (Å²) in [6.45, 7) is 7.63. The molecule has 2 fully saturated rings. The lowest BCUT2D eigenvalue weighted by atomic mass is 9.93. The maximum absolute atomic E-state index is 3.78. The molecular weight excluding hydrogens is 220 g/mol. The van der Waals surface area contributed by atoms with Gasteiger partial charge in [-0.1, -0.05) is 25.7 Å². The van der Waals surface area contributed by atoms with E-state index in [9.17, 15) is 0 Å². The molecule has 2 nitrogen and oxygen atoms in total. The van der Waals surface area contributed by atoms with Gasteiger partial charge in [0.05, 0.1) is 0 Å². The molecule has 0 aromatic rings. The minimum atomic E-state index is 0.738. The fourth-order valence-electron chi connectivity index (χ4n) is 3.62. The summed E-state index contributed by atoms with van der Waals surface area (Å²) in [5.74, 6) is 0.944. The molecule has 2 aliphatic rings. The van der Waals surface area contributed by atoms with Gasteiger partial charge < -0.3 is 10.2 Å². The Hall–Kier alpha value is -0.0800. The van der Waals surface area contributed by atoms with E-state index >= 15 is 0 Å². The molecule has 0 aromatic heterocycles. The third-order valence-corrected chi connectivity index (χ3v) is 4.92. The van der Waals surface area contributed by atoms with E-state index in [-0.39, 0.29) is 0 Å². The molecule has 2 heteroatoms. The van der Waals surface area contributed by atoms with Crippen LogP contribution >= 0.6 is 0 Å². The van der Waals surface area contributed by atoms with Gasteiger partial charge in [-0.25, -0.2) is 0 Å². The second-order valence-corrected chi connectivity index (χ2v) is 6.40. The SMILES string of the molecule is C[C@H](NCCCN1CCCC1)C1CCCCCC1. The minimum absolute atomic E-state index is 0.738. The lowest BCUT2D eigenvalue weighted by Crippen LogP contribution is -2.35. The largest absolute Gasteiger partial charge is 0.314 e. The smallest absolute Gasteiger partial charge is 0.00670 e. The third kappa shape index (κ3) is 4.89. The van der Waals surface area contributed by atoms with Crippen molar-refractivity contribution in [2.24, 2.45) is 5.92 Å². The molecule has 1 saturated carbocycles. The maximum atomic E-state index is 3.78. The second kappa shape index (κ2) is 8.16. The number of hydrogen-bond acceptors (Lipinski definition) is 2. The summed E-state index contributed by atoms with van der Waals surface area (Å²) in [6, 6.07) is 0.738. The van der Waals surface area contributed by atoms with Crippen LogP contribution in [-0.4, -0.2) is 37.1 Å². The summed E-state index contributed by atoms with van der Waals surface area (Å²) in [5.41, 5.74) is 0. The Balaban J connectivity index is 1.54. The van der Waals surface area contributed by atoms with E-state index in [2.05, 4.69) is 17.1 Å². The van der Waals surface area contributed by atoms with E-state index in [1.807, 2.05) is 0 Å². The van der Waals surface area contributed by atoms with Crippen molar-refractivity contribution in [1.29, 1.82) is 0 Å². The van der Waals surface area contributed by atoms with Crippen LogP contribution in [0.3, 0.4) is 0 Å². The molecule has 1 aliphatic carbocycles. The average Bonchev–Trinajstić information content (AvgIpc) is 2.74. The first-order valence-corrected chi connectivity index (χ1v) is 8.32. The van der Waals surface area contributed by atoms with Crippen LogP contribution in [0.15, 0.2) is 0 Å². The highest BCUT2D eigenvalue weighted by atomic mass is 15.1. The zero-order valence-electron chi connectivity index (χ0n) is 12.3. The van der Waals surface area contributed by atoms with Gasteiger partial charge in [-0.15, -0.1) is 0 Å². The Morgan fingerprint density at radius 1 is 1.00 bits per heavy atom. The van der Waals surface area contributed by atoms with Gasteiger partial charge in [0.2, 0.25) is 0 Å². The van der Waals surface area contributed by atoms with Crippen molar-refractivity contribution in [2.75, 3.05) is 26.2 Å². The fraction of sp³-hybridized carbons (Fsp3) is 1.00. The maximum Gasteiger partial charge on any atom is 0.00670 e. The predicted octanol–water partition coefficient (Wildman–Crippen LogP) is 3.42. The van der Waals surface area contributed by atoms with Crippen molar-refractivity contribution in [3.63, 3.8) is 0 Å². The molecule has 18 heavy (non-hydrogen) atoms. The Bertz CT molecular complexity index is 203. The van der Waals surface area contributed by atoms with Crippen LogP contribution in [-0.2, 0) is 0 Å². The van der Waals surface area contributed by atoms with Gasteiger partial charge in [-0.3, -0.25) is 0 Å². The summed E-state index contributed by atoms with van der Waals surface area (Å²) in [6.07, 6.45) is 13.0. The molecule has 1 saturated heterocycles. The summed E-state index contributed by atoms with van der Waals surface area (Å²) >= 11 is 0. The van der Waals surface area contributed by atoms with Crippen LogP contribution in [0.1, 0.15) is 64.7 Å². The van der Waals surface area contributed by atoms with E-state index in [1.54, 1.807) is 0 Å². The van der Waals surface area contributed by atoms with Crippen LogP contribution in [0, 0.1) is 5.92 Å². The van der Waals surface area contributed by atoms with Crippen molar-refractivity contribution in [2.45, 2.75) is 70.8 Å². The zero-order chi connectivity index (χ0) is 12.6. The fourth-order valence-corrected chi connectivity index (χ4v) is 3.62. The number of rotatable bonds is 6. The molecule has 1 heterocycles. The summed E-state index contributed by atoms with van der Waals surface area (Å²) in [4.78, 5) is 2.62. The highest BCUT2D eigenvalue weighted by molar-refractivity contribution is 4.75. The van der Waals surface area contributed by atoms with Gasteiger partial charge in [0.15, 0.2) is 0 Å². The molecule has 0 radical (unpaired) electrons. The first kappa shape index (κ1) is 14.3. The second-order valence-electron chi connectivity index (χ2n) is 6.40. The standard InChI is InChI=1S/C16H32N2/c1-15(16-9-4-2-3-5-10-16)17-11-8-14-18-12-6-7-13-18/h15-17H,2-14H2,1H3/t15-/m0/s1. The van der Waals surface area contributed by atoms with Gasteiger partial charge >= 0.3 is 0 Å². The van der Waals surface area contributed by atoms with Gasteiger partial charge in [-0.2, -0.15) is 0 Å². The molecule has 2 rings (SSSR count). The zero-order valence-corrected chi connectivity index (χ0v) is 12.3. The predicted molar refractivity (Wildman–Crippen MR) is 78.9 cm³/mol. The van der Waals surface area contributed by atoms with Gasteiger partial charge in [0.1, 0.15) is 0 Å². The molecule has 0 spiro atoms. The molecule has 0 aromatic carbocycles. The van der Waals surface area contributed by atoms with Gasteiger partial charge in [0, 0.05) is 6.04 Å². The number of hydrogen-bond donors (Lipinski definition) is 1. The van der Waals surface area contributed by atoms with E-state index < -0.39 is 0 Å². The van der Waals surface area contributed by atoms with Gasteiger partial charge in [-0.05, 0) is 71.1 Å². The first-order chi connectivity index (χ1) is 8.86. The third-order valence-electron chi connectivity index (χ3n) is 4.92. The van der Waals surface area contributed by atoms with Crippen LogP contribution < -0.4 is 5.32 Å². The van der Waals surface area contributed by atoms with E-state index in [0.29, 0.717) is 0 Å². The molecule has 1 aliphatic heterocycles. The van der Waals surface area contributed by atoms with Crippen LogP contribution in [0.5, 0.6) is 0 Å². The monoisotopic (exact) mass is 252 g/mol. The molecule has 1 N–H and O–H groups in total. The topological polar surface area (TPSA) is 15.3 Å². The number of nitrogens with zero attached hydrogens (tertiary/aromatic N) is 1. The lowest BCUT2D eigenvalue weighted by molar-refractivity contribution is 0.307. The van der Waals surface area contributed by atoms with Crippen LogP contribution in [0.2, 0.25) is 0 Å². The van der Waals surface area contributed by atoms with E-state index in [4.69, 9.17) is 0 Å². The quantitative estimate of drug-likeness (QED) is 0.575. The Morgan fingerprint density at radius 2 is 1.67 bits per heavy atom. The first-order valence-electron chi connectivity index (χ1n) is 8.32. The summed E-state index contributed by atoms with van der Waals surface area (Å²) in [5, 5.41) is 3.78. The van der Waals surface area contributed by atoms with Crippen molar-refractivity contribution in [1.82, 2.24) is 10.2 Å². The average molecular weight is 252 g/mol. The Labute approximate surface area is 114 Å². The van der Waals surface area contributed by atoms with E-state index in [1.165, 1.54) is 84.0 Å². The molecular formula is C16H32N2. The summed E-state index contributed by atoms with van der Waals surface area (Å²) < 4.78 is 0. The summed E-state index contributed by atoms with van der Waals surface area (Å²) in [7, 11) is 0.